The van der Waals surface area contributed by atoms with Gasteiger partial charge in [-0.05, 0) is 44.7 Å². The van der Waals surface area contributed by atoms with Crippen molar-refractivity contribution in [1.29, 1.82) is 0 Å². The Balaban J connectivity index is 1.56. The summed E-state index contributed by atoms with van der Waals surface area (Å²) in [5, 5.41) is 0. The van der Waals surface area contributed by atoms with Crippen molar-refractivity contribution in [2.45, 2.75) is 32.6 Å². The van der Waals surface area contributed by atoms with Gasteiger partial charge in [0.05, 0.1) is 12.2 Å². The van der Waals surface area contributed by atoms with E-state index in [1.54, 1.807) is 0 Å². The minimum Gasteiger partial charge on any atom is -0.492 e. The fraction of sp³-hybridized carbons (Fsp3) is 0.619. The Labute approximate surface area is 161 Å². The average molecular weight is 374 g/mol. The highest BCUT2D eigenvalue weighted by atomic mass is 16.5. The Bertz CT molecular complexity index is 643. The summed E-state index contributed by atoms with van der Waals surface area (Å²) in [6, 6.07) is 7.48. The number of hydrogen-bond donors (Lipinski definition) is 0. The minimum atomic E-state index is 0.0474. The number of para-hydroxylation sites is 1. The molecule has 1 aromatic carbocycles. The van der Waals surface area contributed by atoms with Gasteiger partial charge in [-0.3, -0.25) is 9.59 Å². The van der Waals surface area contributed by atoms with Gasteiger partial charge >= 0.3 is 0 Å². The maximum atomic E-state index is 12.7. The van der Waals surface area contributed by atoms with E-state index in [1.807, 2.05) is 41.0 Å². The molecule has 2 amide bonds. The van der Waals surface area contributed by atoms with E-state index in [9.17, 15) is 9.59 Å². The summed E-state index contributed by atoms with van der Waals surface area (Å²) in [5.41, 5.74) is 0.638. The van der Waals surface area contributed by atoms with Gasteiger partial charge in [0.25, 0.3) is 5.91 Å². The maximum absolute atomic E-state index is 12.7. The highest BCUT2D eigenvalue weighted by Crippen LogP contribution is 2.24. The van der Waals surface area contributed by atoms with Crippen LogP contribution >= 0.6 is 0 Å². The van der Waals surface area contributed by atoms with Crippen molar-refractivity contribution in [2.75, 3.05) is 46.0 Å². The molecule has 0 aliphatic carbocycles. The van der Waals surface area contributed by atoms with Crippen LogP contribution in [0.3, 0.4) is 0 Å². The largest absolute Gasteiger partial charge is 0.492 e. The van der Waals surface area contributed by atoms with Crippen molar-refractivity contribution in [3.8, 4) is 5.75 Å². The lowest BCUT2D eigenvalue weighted by atomic mass is 9.99. The topological polar surface area (TPSA) is 59.1 Å². The molecule has 2 heterocycles. The van der Waals surface area contributed by atoms with Crippen molar-refractivity contribution in [3.05, 3.63) is 29.8 Å². The predicted octanol–water partition coefficient (Wildman–Crippen LogP) is 2.58. The van der Waals surface area contributed by atoms with E-state index in [4.69, 9.17) is 9.47 Å². The van der Waals surface area contributed by atoms with Gasteiger partial charge in [0, 0.05) is 38.7 Å². The van der Waals surface area contributed by atoms with Crippen LogP contribution in [0.15, 0.2) is 24.3 Å². The molecule has 2 aliphatic rings. The molecule has 0 radical (unpaired) electrons. The van der Waals surface area contributed by atoms with E-state index >= 15 is 0 Å². The highest BCUT2D eigenvalue weighted by molar-refractivity contribution is 5.97. The molecule has 0 spiro atoms. The lowest BCUT2D eigenvalue weighted by Gasteiger charge is -2.32. The fourth-order valence-corrected chi connectivity index (χ4v) is 3.78. The zero-order chi connectivity index (χ0) is 19.1. The molecule has 1 atom stereocenters. The van der Waals surface area contributed by atoms with E-state index in [2.05, 4.69) is 0 Å². The summed E-state index contributed by atoms with van der Waals surface area (Å²) in [5.74, 6) is 1.03. The zero-order valence-corrected chi connectivity index (χ0v) is 16.2. The lowest BCUT2D eigenvalue weighted by molar-refractivity contribution is -0.138. The van der Waals surface area contributed by atoms with Crippen LogP contribution in [0, 0.1) is 5.92 Å². The van der Waals surface area contributed by atoms with Gasteiger partial charge in [-0.1, -0.05) is 12.1 Å². The van der Waals surface area contributed by atoms with E-state index < -0.39 is 0 Å². The first kappa shape index (κ1) is 19.7. The quantitative estimate of drug-likeness (QED) is 0.736. The third-order valence-corrected chi connectivity index (χ3v) is 5.29. The Kier molecular flexibility index (Phi) is 7.10. The second-order valence-electron chi connectivity index (χ2n) is 7.29. The summed E-state index contributed by atoms with van der Waals surface area (Å²) in [6.07, 6.45) is 4.14. The molecule has 27 heavy (non-hydrogen) atoms. The van der Waals surface area contributed by atoms with Gasteiger partial charge in [-0.25, -0.2) is 0 Å². The number of nitrogens with zero attached hydrogens (tertiary/aromatic N) is 2. The summed E-state index contributed by atoms with van der Waals surface area (Å²) < 4.78 is 11.3. The van der Waals surface area contributed by atoms with Crippen LogP contribution in [-0.2, 0) is 9.53 Å². The van der Waals surface area contributed by atoms with Gasteiger partial charge in [-0.2, -0.15) is 0 Å². The Morgan fingerprint density at radius 1 is 1.07 bits per heavy atom. The number of ether oxygens (including phenoxy) is 2. The van der Waals surface area contributed by atoms with Crippen molar-refractivity contribution >= 4 is 11.8 Å². The molecular weight excluding hydrogens is 344 g/mol. The highest BCUT2D eigenvalue weighted by Gasteiger charge is 2.26. The molecule has 6 nitrogen and oxygen atoms in total. The number of rotatable bonds is 7. The minimum absolute atomic E-state index is 0.0474. The van der Waals surface area contributed by atoms with Crippen molar-refractivity contribution in [3.63, 3.8) is 0 Å². The molecule has 0 saturated carbocycles. The summed E-state index contributed by atoms with van der Waals surface area (Å²) in [6.45, 7) is 6.23. The average Bonchev–Trinajstić information content (AvgIpc) is 3.25. The lowest BCUT2D eigenvalue weighted by Crippen LogP contribution is -2.43. The smallest absolute Gasteiger partial charge is 0.257 e. The molecule has 148 valence electrons. The van der Waals surface area contributed by atoms with Crippen LogP contribution in [0.1, 0.15) is 43.0 Å². The van der Waals surface area contributed by atoms with Crippen LogP contribution in [0.25, 0.3) is 0 Å². The van der Waals surface area contributed by atoms with E-state index in [0.717, 1.165) is 45.3 Å². The summed E-state index contributed by atoms with van der Waals surface area (Å²) >= 11 is 0. The predicted molar refractivity (Wildman–Crippen MR) is 103 cm³/mol. The van der Waals surface area contributed by atoms with Crippen LogP contribution in [0.5, 0.6) is 5.75 Å². The molecule has 1 aromatic rings. The maximum Gasteiger partial charge on any atom is 0.257 e. The van der Waals surface area contributed by atoms with Crippen LogP contribution in [-0.4, -0.2) is 67.6 Å². The van der Waals surface area contributed by atoms with E-state index in [-0.39, 0.29) is 24.3 Å². The molecule has 6 heteroatoms. The zero-order valence-electron chi connectivity index (χ0n) is 16.2. The normalized spacial score (nSPS) is 20.0. The SMILES string of the molecule is CCOCC(=O)N1CCCC(COc2ccccc2C(=O)N2CCCC2)C1. The fourth-order valence-electron chi connectivity index (χ4n) is 3.78. The molecule has 2 fully saturated rings. The van der Waals surface area contributed by atoms with Gasteiger partial charge in [-0.15, -0.1) is 0 Å². The molecule has 0 bridgehead atoms. The standard InChI is InChI=1S/C21H30N2O4/c1-2-26-16-20(24)23-13-7-8-17(14-23)15-27-19-10-4-3-9-18(19)21(25)22-11-5-6-12-22/h3-4,9-10,17H,2,5-8,11-16H2,1H3. The first-order valence-electron chi connectivity index (χ1n) is 10.1. The summed E-state index contributed by atoms with van der Waals surface area (Å²) in [7, 11) is 0. The molecular formula is C21H30N2O4. The van der Waals surface area contributed by atoms with Crippen LogP contribution < -0.4 is 4.74 Å². The molecule has 0 N–H and O–H groups in total. The molecule has 0 aromatic heterocycles. The second-order valence-corrected chi connectivity index (χ2v) is 7.29. The van der Waals surface area contributed by atoms with Crippen LogP contribution in [0.2, 0.25) is 0 Å². The van der Waals surface area contributed by atoms with Gasteiger partial charge in [0.1, 0.15) is 12.4 Å². The van der Waals surface area contributed by atoms with E-state index in [1.165, 1.54) is 0 Å². The van der Waals surface area contributed by atoms with Crippen molar-refractivity contribution in [1.82, 2.24) is 9.80 Å². The first-order valence-corrected chi connectivity index (χ1v) is 10.1. The third kappa shape index (κ3) is 5.22. The molecule has 2 saturated heterocycles. The summed E-state index contributed by atoms with van der Waals surface area (Å²) in [4.78, 5) is 28.7. The number of likely N-dealkylation sites (tertiary alicyclic amines) is 2. The van der Waals surface area contributed by atoms with Crippen molar-refractivity contribution < 1.29 is 19.1 Å². The number of benzene rings is 1. The van der Waals surface area contributed by atoms with Crippen molar-refractivity contribution in [2.24, 2.45) is 5.92 Å². The molecule has 2 aliphatic heterocycles. The van der Waals surface area contributed by atoms with Gasteiger partial charge in [0.15, 0.2) is 0 Å². The molecule has 3 rings (SSSR count). The Morgan fingerprint density at radius 3 is 2.59 bits per heavy atom. The third-order valence-electron chi connectivity index (χ3n) is 5.29. The monoisotopic (exact) mass is 374 g/mol. The first-order chi connectivity index (χ1) is 13.2. The number of piperidine rings is 1. The number of hydrogen-bond acceptors (Lipinski definition) is 4. The molecule has 1 unspecified atom stereocenters. The second kappa shape index (κ2) is 9.74. The Hall–Kier alpha value is -2.08. The Morgan fingerprint density at radius 2 is 1.81 bits per heavy atom. The van der Waals surface area contributed by atoms with Gasteiger partial charge in [0.2, 0.25) is 5.91 Å². The number of carbonyl (C=O) groups is 2. The number of amides is 2. The number of carbonyl (C=O) groups excluding carboxylic acids is 2. The van der Waals surface area contributed by atoms with Crippen LogP contribution in [0.4, 0.5) is 0 Å². The van der Waals surface area contributed by atoms with Gasteiger partial charge < -0.3 is 19.3 Å². The van der Waals surface area contributed by atoms with E-state index in [0.29, 0.717) is 31.1 Å².